The molecule has 0 amide bonds. The normalized spacial score (nSPS) is 17.9. The van der Waals surface area contributed by atoms with Crippen LogP contribution in [0.5, 0.6) is 0 Å². The van der Waals surface area contributed by atoms with Crippen molar-refractivity contribution in [3.05, 3.63) is 0 Å². The van der Waals surface area contributed by atoms with Gasteiger partial charge in [-0.1, -0.05) is 46.0 Å². The number of nitrogens with zero attached hydrogens (tertiary/aromatic N) is 2. The zero-order chi connectivity index (χ0) is 16.3. The van der Waals surface area contributed by atoms with Gasteiger partial charge in [0.05, 0.1) is 0 Å². The first kappa shape index (κ1) is 20.8. The fraction of sp³-hybridized carbons (Fsp3) is 0.857. The second-order valence-corrected chi connectivity index (χ2v) is 12.7. The van der Waals surface area contributed by atoms with Gasteiger partial charge >= 0.3 is 0 Å². The van der Waals surface area contributed by atoms with Crippen LogP contribution < -0.4 is 0 Å². The molecule has 9 heteroatoms. The summed E-state index contributed by atoms with van der Waals surface area (Å²) in [5.41, 5.74) is 0. The van der Waals surface area contributed by atoms with Gasteiger partial charge in [0.25, 0.3) is 0 Å². The maximum atomic E-state index is 5.46. The van der Waals surface area contributed by atoms with Gasteiger partial charge in [-0.05, 0) is 47.3 Å². The molecule has 2 nitrogen and oxygen atoms in total. The van der Waals surface area contributed by atoms with Gasteiger partial charge in [-0.25, -0.2) is 0 Å². The molecule has 0 aliphatic carbocycles. The Hall–Kier alpha value is 1.53. The van der Waals surface area contributed by atoms with Crippen LogP contribution in [0.3, 0.4) is 0 Å². The van der Waals surface area contributed by atoms with E-state index in [1.54, 1.807) is 21.6 Å². The van der Waals surface area contributed by atoms with E-state index in [1.807, 2.05) is 33.3 Å². The van der Waals surface area contributed by atoms with Crippen LogP contribution in [0, 0.1) is 0 Å². The van der Waals surface area contributed by atoms with Crippen LogP contribution in [0.4, 0.5) is 0 Å². The Morgan fingerprint density at radius 3 is 1.43 bits per heavy atom. The second kappa shape index (κ2) is 12.8. The fourth-order valence-electron chi connectivity index (χ4n) is 2.38. The molecule has 2 fully saturated rings. The van der Waals surface area contributed by atoms with E-state index < -0.39 is 0 Å². The number of hydrogen-bond donors (Lipinski definition) is 0. The molecule has 2 rings (SSSR count). The highest BCUT2D eigenvalue weighted by Crippen LogP contribution is 2.29. The van der Waals surface area contributed by atoms with Crippen molar-refractivity contribution in [1.82, 2.24) is 9.80 Å². The van der Waals surface area contributed by atoms with Gasteiger partial charge in [0.2, 0.25) is 0 Å². The Morgan fingerprint density at radius 1 is 0.652 bits per heavy atom. The highest BCUT2D eigenvalue weighted by Gasteiger charge is 2.15. The quantitative estimate of drug-likeness (QED) is 0.279. The summed E-state index contributed by atoms with van der Waals surface area (Å²) < 4.78 is 2.17. The summed E-state index contributed by atoms with van der Waals surface area (Å²) in [6.07, 6.45) is 5.21. The minimum absolute atomic E-state index is 1.08. The first-order chi connectivity index (χ1) is 11.3. The monoisotopic (exact) mass is 444 g/mol. The Balaban J connectivity index is 1.35. The molecule has 23 heavy (non-hydrogen) atoms. The third-order valence-electron chi connectivity index (χ3n) is 3.61. The van der Waals surface area contributed by atoms with Crippen molar-refractivity contribution in [1.29, 1.82) is 0 Å². The van der Waals surface area contributed by atoms with Gasteiger partial charge in [-0.15, -0.1) is 0 Å². The molecule has 0 aromatic heterocycles. The average molecular weight is 445 g/mol. The van der Waals surface area contributed by atoms with Gasteiger partial charge in [0, 0.05) is 49.2 Å². The molecule has 0 saturated carbocycles. The zero-order valence-electron chi connectivity index (χ0n) is 13.2. The summed E-state index contributed by atoms with van der Waals surface area (Å²) in [5.74, 6) is 4.77. The van der Waals surface area contributed by atoms with Crippen LogP contribution >= 0.6 is 79.4 Å². The number of thioether (sulfide) groups is 1. The summed E-state index contributed by atoms with van der Waals surface area (Å²) in [6, 6.07) is 0. The van der Waals surface area contributed by atoms with Crippen molar-refractivity contribution in [3.8, 4) is 0 Å². The number of likely N-dealkylation sites (tertiary alicyclic amines) is 2. The van der Waals surface area contributed by atoms with Crippen LogP contribution in [-0.2, 0) is 0 Å². The second-order valence-electron chi connectivity index (χ2n) is 5.34. The van der Waals surface area contributed by atoms with Crippen molar-refractivity contribution in [2.45, 2.75) is 25.7 Å². The molecular formula is C14H24N2S7. The molecule has 2 saturated heterocycles. The van der Waals surface area contributed by atoms with Crippen LogP contribution in [0.2, 0.25) is 0 Å². The van der Waals surface area contributed by atoms with Crippen molar-refractivity contribution < 1.29 is 0 Å². The fourth-order valence-corrected chi connectivity index (χ4v) is 9.21. The van der Waals surface area contributed by atoms with Crippen molar-refractivity contribution >= 4 is 88.0 Å². The van der Waals surface area contributed by atoms with Crippen molar-refractivity contribution in [2.75, 3.05) is 49.2 Å². The molecule has 0 atom stereocenters. The molecule has 0 bridgehead atoms. The summed E-state index contributed by atoms with van der Waals surface area (Å²) in [5, 5.41) is 0. The van der Waals surface area contributed by atoms with Gasteiger partial charge in [-0.2, -0.15) is 11.8 Å². The van der Waals surface area contributed by atoms with Gasteiger partial charge in [0.1, 0.15) is 8.64 Å². The molecule has 0 unspecified atom stereocenters. The Bertz CT molecular complexity index is 334. The van der Waals surface area contributed by atoms with E-state index in [1.165, 1.54) is 48.7 Å². The lowest BCUT2D eigenvalue weighted by Crippen LogP contribution is -2.22. The minimum Gasteiger partial charge on any atom is -0.357 e. The van der Waals surface area contributed by atoms with Crippen molar-refractivity contribution in [2.24, 2.45) is 0 Å². The lowest BCUT2D eigenvalue weighted by Gasteiger charge is -2.17. The number of hydrogen-bond acceptors (Lipinski definition) is 7. The largest absolute Gasteiger partial charge is 0.357 e. The molecule has 2 aliphatic rings. The van der Waals surface area contributed by atoms with Crippen LogP contribution in [0.15, 0.2) is 0 Å². The summed E-state index contributed by atoms with van der Waals surface area (Å²) in [4.78, 5) is 4.69. The van der Waals surface area contributed by atoms with E-state index >= 15 is 0 Å². The molecule has 2 heterocycles. The Labute approximate surface area is 171 Å². The van der Waals surface area contributed by atoms with Gasteiger partial charge < -0.3 is 9.80 Å². The SMILES string of the molecule is S=C(SSCCSCCSSC(=S)N1CCCC1)N1CCCC1. The lowest BCUT2D eigenvalue weighted by molar-refractivity contribution is 0.539. The molecular weight excluding hydrogens is 421 g/mol. The predicted molar refractivity (Wildman–Crippen MR) is 124 cm³/mol. The third kappa shape index (κ3) is 8.64. The topological polar surface area (TPSA) is 6.48 Å². The predicted octanol–water partition coefficient (Wildman–Crippen LogP) is 5.24. The minimum atomic E-state index is 1.08. The van der Waals surface area contributed by atoms with E-state index in [9.17, 15) is 0 Å². The maximum Gasteiger partial charge on any atom is 0.147 e. The molecule has 0 spiro atoms. The standard InChI is InChI=1S/C14H24N2S7/c17-13(15-5-1-2-6-15)22-20-11-9-19-10-12-21-23-14(18)16-7-3-4-8-16/h1-12H2. The van der Waals surface area contributed by atoms with Gasteiger partial charge in [0.15, 0.2) is 0 Å². The Kier molecular flexibility index (Phi) is 11.6. The molecule has 132 valence electrons. The molecule has 0 aromatic rings. The maximum absolute atomic E-state index is 5.46. The molecule has 2 aliphatic heterocycles. The Morgan fingerprint density at radius 2 is 1.04 bits per heavy atom. The van der Waals surface area contributed by atoms with E-state index in [0.29, 0.717) is 0 Å². The van der Waals surface area contributed by atoms with Crippen molar-refractivity contribution in [3.63, 3.8) is 0 Å². The molecule has 0 radical (unpaired) electrons. The summed E-state index contributed by atoms with van der Waals surface area (Å²) in [6.45, 7) is 4.65. The van der Waals surface area contributed by atoms with Crippen LogP contribution in [0.1, 0.15) is 25.7 Å². The smallest absolute Gasteiger partial charge is 0.147 e. The van der Waals surface area contributed by atoms with E-state index in [0.717, 1.165) is 34.8 Å². The third-order valence-corrected chi connectivity index (χ3v) is 11.2. The number of rotatable bonds is 8. The molecule has 0 N–H and O–H groups in total. The van der Waals surface area contributed by atoms with E-state index in [-0.39, 0.29) is 0 Å². The highest BCUT2D eigenvalue weighted by molar-refractivity contribution is 8.84. The molecule has 0 aromatic carbocycles. The van der Waals surface area contributed by atoms with E-state index in [4.69, 9.17) is 24.4 Å². The van der Waals surface area contributed by atoms with Crippen LogP contribution in [0.25, 0.3) is 0 Å². The summed E-state index contributed by atoms with van der Waals surface area (Å²) >= 11 is 13.0. The van der Waals surface area contributed by atoms with Gasteiger partial charge in [-0.3, -0.25) is 0 Å². The van der Waals surface area contributed by atoms with E-state index in [2.05, 4.69) is 9.80 Å². The lowest BCUT2D eigenvalue weighted by atomic mass is 10.4. The zero-order valence-corrected chi connectivity index (χ0v) is 19.0. The van der Waals surface area contributed by atoms with Crippen LogP contribution in [-0.4, -0.2) is 67.6 Å². The first-order valence-electron chi connectivity index (χ1n) is 8.02. The average Bonchev–Trinajstić information content (AvgIpc) is 3.25. The highest BCUT2D eigenvalue weighted by atomic mass is 33.1. The summed E-state index contributed by atoms with van der Waals surface area (Å²) in [7, 11) is 7.39. The number of thiocarbonyl (C=S) groups is 2. The first-order valence-corrected chi connectivity index (χ1v) is 14.6.